The molecule has 0 spiro atoms. The molecule has 0 nitrogen and oxygen atoms in total. The summed E-state index contributed by atoms with van der Waals surface area (Å²) in [6.07, 6.45) is 12.0. The molecule has 168 valence electrons. The maximum Gasteiger partial charge on any atom is 0.422 e. The van der Waals surface area contributed by atoms with Gasteiger partial charge in [0.2, 0.25) is 0 Å². The first-order valence-corrected chi connectivity index (χ1v) is 11.5. The third kappa shape index (κ3) is 6.07. The van der Waals surface area contributed by atoms with E-state index < -0.39 is 23.4 Å². The van der Waals surface area contributed by atoms with Crippen molar-refractivity contribution >= 4 is 0 Å². The van der Waals surface area contributed by atoms with Crippen molar-refractivity contribution < 1.29 is 22.0 Å². The van der Waals surface area contributed by atoms with Crippen LogP contribution in [0.5, 0.6) is 0 Å². The Balaban J connectivity index is 1.45. The summed E-state index contributed by atoms with van der Waals surface area (Å²) in [7, 11) is 0. The smallest absolute Gasteiger partial charge is 0.206 e. The minimum Gasteiger partial charge on any atom is -0.206 e. The van der Waals surface area contributed by atoms with Crippen molar-refractivity contribution in [2.24, 2.45) is 17.8 Å². The molecule has 0 bridgehead atoms. The van der Waals surface area contributed by atoms with Crippen LogP contribution in [0, 0.1) is 29.4 Å². The molecule has 0 aromatic heterocycles. The fourth-order valence-electron chi connectivity index (χ4n) is 5.35. The van der Waals surface area contributed by atoms with Gasteiger partial charge in [-0.05, 0) is 99.2 Å². The van der Waals surface area contributed by atoms with Crippen LogP contribution in [0.4, 0.5) is 22.0 Å². The number of alkyl halides is 3. The zero-order valence-electron chi connectivity index (χ0n) is 17.8. The van der Waals surface area contributed by atoms with Gasteiger partial charge in [0.25, 0.3) is 0 Å². The van der Waals surface area contributed by atoms with E-state index in [9.17, 15) is 22.0 Å². The van der Waals surface area contributed by atoms with E-state index in [-0.39, 0.29) is 5.92 Å². The van der Waals surface area contributed by atoms with E-state index in [0.717, 1.165) is 56.1 Å². The Morgan fingerprint density at radius 1 is 0.833 bits per heavy atom. The average Bonchev–Trinajstić information content (AvgIpc) is 2.70. The maximum absolute atomic E-state index is 13.9. The van der Waals surface area contributed by atoms with Crippen LogP contribution in [0.3, 0.4) is 0 Å². The number of hydrogen-bond donors (Lipinski definition) is 0. The van der Waals surface area contributed by atoms with Crippen molar-refractivity contribution in [3.05, 3.63) is 47.0 Å². The molecular weight excluding hydrogens is 395 g/mol. The fraction of sp³-hybridized carbons (Fsp3) is 0.680. The van der Waals surface area contributed by atoms with Crippen LogP contribution in [-0.4, -0.2) is 0 Å². The minimum atomic E-state index is -5.00. The summed E-state index contributed by atoms with van der Waals surface area (Å²) < 4.78 is 66.1. The van der Waals surface area contributed by atoms with Crippen molar-refractivity contribution in [2.45, 2.75) is 89.6 Å². The summed E-state index contributed by atoms with van der Waals surface area (Å²) in [6, 6.07) is 1.78. The van der Waals surface area contributed by atoms with Crippen molar-refractivity contribution in [1.82, 2.24) is 0 Å². The average molecular weight is 429 g/mol. The second-order valence-corrected chi connectivity index (χ2v) is 9.27. The summed E-state index contributed by atoms with van der Waals surface area (Å²) in [5.41, 5.74) is -1.41. The van der Waals surface area contributed by atoms with Gasteiger partial charge >= 0.3 is 6.18 Å². The largest absolute Gasteiger partial charge is 0.422 e. The van der Waals surface area contributed by atoms with Crippen LogP contribution >= 0.6 is 0 Å². The molecule has 0 heterocycles. The first kappa shape index (κ1) is 23.3. The lowest BCUT2D eigenvalue weighted by Gasteiger charge is -2.31. The quantitative estimate of drug-likeness (QED) is 0.314. The van der Waals surface area contributed by atoms with Gasteiger partial charge in [0.15, 0.2) is 0 Å². The summed E-state index contributed by atoms with van der Waals surface area (Å²) in [5.74, 6) is -0.849. The summed E-state index contributed by atoms with van der Waals surface area (Å²) >= 11 is 0. The fourth-order valence-corrected chi connectivity index (χ4v) is 5.35. The van der Waals surface area contributed by atoms with E-state index >= 15 is 0 Å². The molecule has 0 unspecified atom stereocenters. The predicted molar refractivity (Wildman–Crippen MR) is 110 cm³/mol. The number of hydrogen-bond acceptors (Lipinski definition) is 0. The Kier molecular flexibility index (Phi) is 7.98. The Morgan fingerprint density at radius 2 is 1.33 bits per heavy atom. The van der Waals surface area contributed by atoms with E-state index in [1.165, 1.54) is 38.5 Å². The standard InChI is InChI=1S/C25H33F5/c1-2-3-4-17-5-7-18(8-6-17)9-10-19-11-13-20(14-12-19)21-15-22(26)24(23(27)16-21)25(28,29)30/h3-4,15-20H,2,5-14H2,1H3/b4-3+/t17-,18-,19-,20-. The number of allylic oxidation sites excluding steroid dienone is 2. The Morgan fingerprint density at radius 3 is 1.80 bits per heavy atom. The van der Waals surface area contributed by atoms with E-state index in [1.807, 2.05) is 0 Å². The molecule has 2 fully saturated rings. The molecule has 1 aromatic carbocycles. The van der Waals surface area contributed by atoms with Crippen LogP contribution in [0.2, 0.25) is 0 Å². The van der Waals surface area contributed by atoms with Crippen LogP contribution in [-0.2, 0) is 6.18 Å². The van der Waals surface area contributed by atoms with Crippen LogP contribution < -0.4 is 0 Å². The molecule has 0 aliphatic heterocycles. The van der Waals surface area contributed by atoms with Gasteiger partial charge in [-0.1, -0.05) is 31.9 Å². The van der Waals surface area contributed by atoms with E-state index in [1.54, 1.807) is 0 Å². The highest BCUT2D eigenvalue weighted by atomic mass is 19.4. The zero-order valence-corrected chi connectivity index (χ0v) is 17.8. The number of halogens is 5. The van der Waals surface area contributed by atoms with Gasteiger partial charge < -0.3 is 0 Å². The molecule has 1 aromatic rings. The van der Waals surface area contributed by atoms with E-state index in [4.69, 9.17) is 0 Å². The molecule has 0 saturated heterocycles. The van der Waals surface area contributed by atoms with Crippen molar-refractivity contribution in [1.29, 1.82) is 0 Å². The van der Waals surface area contributed by atoms with Gasteiger partial charge in [0.05, 0.1) is 0 Å². The van der Waals surface area contributed by atoms with Crippen molar-refractivity contribution in [2.75, 3.05) is 0 Å². The molecule has 5 heteroatoms. The van der Waals surface area contributed by atoms with Crippen molar-refractivity contribution in [3.63, 3.8) is 0 Å². The van der Waals surface area contributed by atoms with E-state index in [2.05, 4.69) is 19.1 Å². The molecule has 2 aliphatic carbocycles. The highest BCUT2D eigenvalue weighted by molar-refractivity contribution is 5.30. The zero-order chi connectivity index (χ0) is 21.7. The van der Waals surface area contributed by atoms with Crippen molar-refractivity contribution in [3.8, 4) is 0 Å². The highest BCUT2D eigenvalue weighted by Crippen LogP contribution is 2.42. The molecular formula is C25H33F5. The Bertz CT molecular complexity index is 682. The minimum absolute atomic E-state index is 0.0478. The van der Waals surface area contributed by atoms with Crippen LogP contribution in [0.25, 0.3) is 0 Å². The summed E-state index contributed by atoms with van der Waals surface area (Å²) in [5, 5.41) is 0. The number of benzene rings is 1. The van der Waals surface area contributed by atoms with Gasteiger partial charge in [-0.15, -0.1) is 0 Å². The normalized spacial score (nSPS) is 28.2. The van der Waals surface area contributed by atoms with Gasteiger partial charge in [-0.3, -0.25) is 0 Å². The lowest BCUT2D eigenvalue weighted by Crippen LogP contribution is -2.18. The van der Waals surface area contributed by atoms with Gasteiger partial charge in [0.1, 0.15) is 17.2 Å². The third-order valence-corrected chi connectivity index (χ3v) is 7.18. The third-order valence-electron chi connectivity index (χ3n) is 7.18. The molecule has 2 aliphatic rings. The SMILES string of the molecule is CC/C=C/[C@H]1CC[C@H](CC[C@H]2CC[C@H](c3cc(F)c(C(F)(F)F)c(F)c3)CC2)CC1. The molecule has 0 atom stereocenters. The molecule has 30 heavy (non-hydrogen) atoms. The molecule has 0 amide bonds. The van der Waals surface area contributed by atoms with E-state index in [0.29, 0.717) is 11.5 Å². The first-order chi connectivity index (χ1) is 14.3. The molecule has 0 N–H and O–H groups in total. The van der Waals surface area contributed by atoms with Crippen LogP contribution in [0.15, 0.2) is 24.3 Å². The predicted octanol–water partition coefficient (Wildman–Crippen LogP) is 8.81. The second-order valence-electron chi connectivity index (χ2n) is 9.27. The molecule has 0 radical (unpaired) electrons. The lowest BCUT2D eigenvalue weighted by atomic mass is 9.74. The highest BCUT2D eigenvalue weighted by Gasteiger charge is 2.38. The molecule has 3 rings (SSSR count). The maximum atomic E-state index is 13.9. The van der Waals surface area contributed by atoms with Crippen LogP contribution in [0.1, 0.15) is 94.6 Å². The Hall–Kier alpha value is -1.39. The number of rotatable bonds is 6. The molecule has 2 saturated carbocycles. The van der Waals surface area contributed by atoms with Gasteiger partial charge in [0, 0.05) is 0 Å². The summed E-state index contributed by atoms with van der Waals surface area (Å²) in [4.78, 5) is 0. The van der Waals surface area contributed by atoms with Gasteiger partial charge in [-0.2, -0.15) is 13.2 Å². The van der Waals surface area contributed by atoms with Gasteiger partial charge in [-0.25, -0.2) is 8.78 Å². The topological polar surface area (TPSA) is 0 Å². The summed E-state index contributed by atoms with van der Waals surface area (Å²) in [6.45, 7) is 2.17. The Labute approximate surface area is 176 Å². The lowest BCUT2D eigenvalue weighted by molar-refractivity contribution is -0.142. The first-order valence-electron chi connectivity index (χ1n) is 11.5. The monoisotopic (exact) mass is 428 g/mol. The second kappa shape index (κ2) is 10.3.